The Morgan fingerprint density at radius 1 is 1.11 bits per heavy atom. The van der Waals surface area contributed by atoms with E-state index in [0.717, 1.165) is 54.6 Å². The van der Waals surface area contributed by atoms with Gasteiger partial charge in [-0.1, -0.05) is 42.5 Å². The van der Waals surface area contributed by atoms with Gasteiger partial charge < -0.3 is 10.4 Å². The summed E-state index contributed by atoms with van der Waals surface area (Å²) in [6.07, 6.45) is 1.87. The Bertz CT molecular complexity index is 927. The third-order valence-electron chi connectivity index (χ3n) is 5.35. The highest BCUT2D eigenvalue weighted by Gasteiger charge is 2.16. The number of aliphatic hydroxyl groups is 1. The van der Waals surface area contributed by atoms with E-state index < -0.39 is 0 Å². The van der Waals surface area contributed by atoms with Crippen molar-refractivity contribution in [3.05, 3.63) is 65.4 Å². The van der Waals surface area contributed by atoms with Gasteiger partial charge in [0.1, 0.15) is 0 Å². The first-order chi connectivity index (χ1) is 13.7. The number of piperidine rings is 1. The van der Waals surface area contributed by atoms with E-state index in [1.54, 1.807) is 0 Å². The van der Waals surface area contributed by atoms with Gasteiger partial charge in [-0.15, -0.1) is 0 Å². The van der Waals surface area contributed by atoms with Gasteiger partial charge in [-0.3, -0.25) is 14.8 Å². The van der Waals surface area contributed by atoms with Crippen molar-refractivity contribution in [3.63, 3.8) is 0 Å². The minimum absolute atomic E-state index is 0.0228. The highest BCUT2D eigenvalue weighted by atomic mass is 16.3. The molecule has 0 atom stereocenters. The van der Waals surface area contributed by atoms with Crippen LogP contribution in [0, 0.1) is 0 Å². The number of aliphatic hydroxyl groups excluding tert-OH is 1. The molecular formula is C22H26N4O2. The Morgan fingerprint density at radius 2 is 1.82 bits per heavy atom. The molecule has 3 aromatic rings. The van der Waals surface area contributed by atoms with Crippen molar-refractivity contribution in [2.75, 3.05) is 13.1 Å². The quantitative estimate of drug-likeness (QED) is 0.615. The second-order valence-electron chi connectivity index (χ2n) is 7.50. The van der Waals surface area contributed by atoms with Crippen molar-refractivity contribution in [2.45, 2.75) is 38.5 Å². The standard InChI is InChI=1S/C22H26N4O2/c27-18-9-11-26(12-10-18)15-17-7-5-16(6-8-17)14-23-22(28)13-21-19-3-1-2-4-20(19)24-25-21/h1-8,18,27H,9-15H2,(H,23,28)(H,24,25). The molecule has 1 amide bonds. The lowest BCUT2D eigenvalue weighted by molar-refractivity contribution is -0.120. The summed E-state index contributed by atoms with van der Waals surface area (Å²) < 4.78 is 0. The van der Waals surface area contributed by atoms with Gasteiger partial charge in [0.2, 0.25) is 5.91 Å². The summed E-state index contributed by atoms with van der Waals surface area (Å²) >= 11 is 0. The largest absolute Gasteiger partial charge is 0.393 e. The van der Waals surface area contributed by atoms with Crippen LogP contribution >= 0.6 is 0 Å². The van der Waals surface area contributed by atoms with Crippen LogP contribution in [0.5, 0.6) is 0 Å². The summed E-state index contributed by atoms with van der Waals surface area (Å²) in [7, 11) is 0. The summed E-state index contributed by atoms with van der Waals surface area (Å²) in [5, 5.41) is 20.8. The number of rotatable bonds is 6. The average molecular weight is 378 g/mol. The lowest BCUT2D eigenvalue weighted by atomic mass is 10.1. The molecule has 6 heteroatoms. The monoisotopic (exact) mass is 378 g/mol. The fraction of sp³-hybridized carbons (Fsp3) is 0.364. The molecule has 2 aromatic carbocycles. The van der Waals surface area contributed by atoms with E-state index in [2.05, 4.69) is 44.7 Å². The SMILES string of the molecule is O=C(Cc1[nH]nc2ccccc12)NCc1ccc(CN2CCC(O)CC2)cc1. The maximum atomic E-state index is 12.3. The van der Waals surface area contributed by atoms with E-state index in [9.17, 15) is 9.90 Å². The minimum atomic E-state index is -0.137. The van der Waals surface area contributed by atoms with E-state index in [1.807, 2.05) is 24.3 Å². The fourth-order valence-electron chi connectivity index (χ4n) is 3.67. The molecule has 146 valence electrons. The summed E-state index contributed by atoms with van der Waals surface area (Å²) in [5.74, 6) is -0.0228. The first kappa shape index (κ1) is 18.7. The van der Waals surface area contributed by atoms with Gasteiger partial charge in [0.05, 0.1) is 23.7 Å². The summed E-state index contributed by atoms with van der Waals surface area (Å²) in [6, 6.07) is 16.2. The van der Waals surface area contributed by atoms with E-state index in [-0.39, 0.29) is 12.0 Å². The van der Waals surface area contributed by atoms with Crippen molar-refractivity contribution in [1.82, 2.24) is 20.4 Å². The van der Waals surface area contributed by atoms with Crippen LogP contribution in [-0.4, -0.2) is 45.3 Å². The molecule has 1 aliphatic rings. The van der Waals surface area contributed by atoms with Crippen molar-refractivity contribution in [2.24, 2.45) is 0 Å². The van der Waals surface area contributed by atoms with E-state index in [1.165, 1.54) is 5.56 Å². The number of hydrogen-bond acceptors (Lipinski definition) is 4. The van der Waals surface area contributed by atoms with Gasteiger partial charge in [-0.25, -0.2) is 0 Å². The first-order valence-electron chi connectivity index (χ1n) is 9.84. The normalized spacial score (nSPS) is 15.8. The third kappa shape index (κ3) is 4.58. The third-order valence-corrected chi connectivity index (χ3v) is 5.35. The van der Waals surface area contributed by atoms with Crippen molar-refractivity contribution in [1.29, 1.82) is 0 Å². The van der Waals surface area contributed by atoms with Crippen molar-refractivity contribution < 1.29 is 9.90 Å². The molecule has 0 unspecified atom stereocenters. The molecule has 1 aromatic heterocycles. The minimum Gasteiger partial charge on any atom is -0.393 e. The second-order valence-corrected chi connectivity index (χ2v) is 7.50. The summed E-state index contributed by atoms with van der Waals surface area (Å²) in [4.78, 5) is 14.7. The summed E-state index contributed by atoms with van der Waals surface area (Å²) in [6.45, 7) is 3.32. The number of carbonyl (C=O) groups is 1. The van der Waals surface area contributed by atoms with E-state index in [0.29, 0.717) is 13.0 Å². The first-order valence-corrected chi connectivity index (χ1v) is 9.84. The number of nitrogens with zero attached hydrogens (tertiary/aromatic N) is 2. The number of hydrogen-bond donors (Lipinski definition) is 3. The van der Waals surface area contributed by atoms with Gasteiger partial charge in [-0.2, -0.15) is 5.10 Å². The molecule has 1 aliphatic heterocycles. The van der Waals surface area contributed by atoms with Crippen LogP contribution in [0.2, 0.25) is 0 Å². The van der Waals surface area contributed by atoms with Crippen LogP contribution in [-0.2, 0) is 24.3 Å². The van der Waals surface area contributed by atoms with Gasteiger partial charge in [-0.05, 0) is 30.0 Å². The highest BCUT2D eigenvalue weighted by molar-refractivity contribution is 5.87. The Hall–Kier alpha value is -2.70. The molecule has 0 radical (unpaired) electrons. The number of aromatic amines is 1. The van der Waals surface area contributed by atoms with Gasteiger partial charge in [0, 0.05) is 31.6 Å². The molecule has 3 N–H and O–H groups in total. The molecule has 0 saturated carbocycles. The number of amides is 1. The zero-order valence-corrected chi connectivity index (χ0v) is 15.9. The fourth-order valence-corrected chi connectivity index (χ4v) is 3.67. The number of H-pyrrole nitrogens is 1. The van der Waals surface area contributed by atoms with Gasteiger partial charge in [0.25, 0.3) is 0 Å². The molecule has 28 heavy (non-hydrogen) atoms. The maximum absolute atomic E-state index is 12.3. The van der Waals surface area contributed by atoms with E-state index in [4.69, 9.17) is 0 Å². The van der Waals surface area contributed by atoms with Crippen molar-refractivity contribution >= 4 is 16.8 Å². The highest BCUT2D eigenvalue weighted by Crippen LogP contribution is 2.16. The number of para-hydroxylation sites is 1. The number of nitrogens with one attached hydrogen (secondary N) is 2. The lowest BCUT2D eigenvalue weighted by Gasteiger charge is -2.29. The number of likely N-dealkylation sites (tertiary alicyclic amines) is 1. The van der Waals surface area contributed by atoms with Crippen LogP contribution in [0.3, 0.4) is 0 Å². The average Bonchev–Trinajstić information content (AvgIpc) is 3.12. The van der Waals surface area contributed by atoms with Gasteiger partial charge >= 0.3 is 0 Å². The Balaban J connectivity index is 1.27. The smallest absolute Gasteiger partial charge is 0.226 e. The van der Waals surface area contributed by atoms with Crippen LogP contribution in [0.1, 0.15) is 29.7 Å². The number of carbonyl (C=O) groups excluding carboxylic acids is 1. The lowest BCUT2D eigenvalue weighted by Crippen LogP contribution is -2.35. The zero-order valence-electron chi connectivity index (χ0n) is 15.9. The summed E-state index contributed by atoms with van der Waals surface area (Å²) in [5.41, 5.74) is 4.07. The predicted octanol–water partition coefficient (Wildman–Crippen LogP) is 2.38. The molecule has 0 spiro atoms. The van der Waals surface area contributed by atoms with Crippen LogP contribution in [0.15, 0.2) is 48.5 Å². The predicted molar refractivity (Wildman–Crippen MR) is 109 cm³/mol. The van der Waals surface area contributed by atoms with Crippen molar-refractivity contribution in [3.8, 4) is 0 Å². The van der Waals surface area contributed by atoms with Crippen LogP contribution in [0.4, 0.5) is 0 Å². The second kappa shape index (κ2) is 8.54. The topological polar surface area (TPSA) is 81.2 Å². The molecular weight excluding hydrogens is 352 g/mol. The molecule has 0 bridgehead atoms. The Labute approximate surface area is 164 Å². The van der Waals surface area contributed by atoms with Crippen LogP contribution in [0.25, 0.3) is 10.9 Å². The molecule has 2 heterocycles. The number of fused-ring (bicyclic) bond motifs is 1. The molecule has 0 aliphatic carbocycles. The van der Waals surface area contributed by atoms with Gasteiger partial charge in [0.15, 0.2) is 0 Å². The van der Waals surface area contributed by atoms with Crippen LogP contribution < -0.4 is 5.32 Å². The molecule has 4 rings (SSSR count). The molecule has 6 nitrogen and oxygen atoms in total. The Morgan fingerprint density at radius 3 is 2.61 bits per heavy atom. The maximum Gasteiger partial charge on any atom is 0.226 e. The molecule has 1 saturated heterocycles. The van der Waals surface area contributed by atoms with E-state index >= 15 is 0 Å². The Kier molecular flexibility index (Phi) is 5.69. The number of aromatic nitrogens is 2. The molecule has 1 fully saturated rings. The number of benzene rings is 2. The zero-order chi connectivity index (χ0) is 19.3.